The van der Waals surface area contributed by atoms with Gasteiger partial charge in [0, 0.05) is 6.54 Å². The molecule has 0 radical (unpaired) electrons. The molecule has 3 heteroatoms. The Kier molecular flexibility index (Phi) is 5.21. The molecule has 1 aliphatic rings. The summed E-state index contributed by atoms with van der Waals surface area (Å²) in [6, 6.07) is 23.1. The van der Waals surface area contributed by atoms with E-state index >= 15 is 0 Å². The van der Waals surface area contributed by atoms with Crippen LogP contribution in [0.5, 0.6) is 5.75 Å². The first-order valence-corrected chi connectivity index (χ1v) is 10.9. The predicted octanol–water partition coefficient (Wildman–Crippen LogP) is 6.74. The number of hydrogen-bond acceptors (Lipinski definition) is 2. The van der Waals surface area contributed by atoms with E-state index in [0.29, 0.717) is 6.61 Å². The molecule has 0 unspecified atom stereocenters. The van der Waals surface area contributed by atoms with E-state index < -0.39 is 0 Å². The summed E-state index contributed by atoms with van der Waals surface area (Å²) in [4.78, 5) is 4.89. The van der Waals surface area contributed by atoms with Gasteiger partial charge in [-0.05, 0) is 47.4 Å². The first-order chi connectivity index (χ1) is 14.4. The highest BCUT2D eigenvalue weighted by molar-refractivity contribution is 5.83. The van der Waals surface area contributed by atoms with Crippen LogP contribution in [0.25, 0.3) is 21.8 Å². The largest absolute Gasteiger partial charge is 0.486 e. The quantitative estimate of drug-likeness (QED) is 0.368. The molecule has 1 fully saturated rings. The summed E-state index contributed by atoms with van der Waals surface area (Å²) in [6.07, 6.45) is 8.21. The molecule has 0 N–H and O–H groups in total. The third-order valence-corrected chi connectivity index (χ3v) is 6.31. The molecule has 1 aromatic heterocycles. The molecule has 5 rings (SSSR count). The van der Waals surface area contributed by atoms with E-state index in [1.807, 2.05) is 0 Å². The molecule has 3 aromatic carbocycles. The van der Waals surface area contributed by atoms with Crippen molar-refractivity contribution in [2.75, 3.05) is 0 Å². The Balaban J connectivity index is 1.36. The van der Waals surface area contributed by atoms with Crippen molar-refractivity contribution >= 4 is 21.8 Å². The van der Waals surface area contributed by atoms with Crippen molar-refractivity contribution in [3.8, 4) is 5.75 Å². The van der Waals surface area contributed by atoms with Gasteiger partial charge in [-0.15, -0.1) is 0 Å². The normalized spacial score (nSPS) is 15.2. The highest BCUT2D eigenvalue weighted by atomic mass is 16.5. The third kappa shape index (κ3) is 4.00. The van der Waals surface area contributed by atoms with E-state index in [9.17, 15) is 0 Å². The van der Waals surface area contributed by atoms with Gasteiger partial charge in [0.25, 0.3) is 0 Å². The highest BCUT2D eigenvalue weighted by Crippen LogP contribution is 2.28. The fourth-order valence-electron chi connectivity index (χ4n) is 4.68. The molecule has 0 spiro atoms. The smallest absolute Gasteiger partial charge is 0.147 e. The van der Waals surface area contributed by atoms with Crippen LogP contribution in [0.1, 0.15) is 44.3 Å². The summed E-state index contributed by atoms with van der Waals surface area (Å²) < 4.78 is 8.56. The zero-order valence-corrected chi connectivity index (χ0v) is 16.9. The van der Waals surface area contributed by atoms with Crippen LogP contribution in [-0.2, 0) is 13.2 Å². The Morgan fingerprint density at radius 1 is 0.862 bits per heavy atom. The molecular formula is C26H28N2O. The topological polar surface area (TPSA) is 27.1 Å². The summed E-state index contributed by atoms with van der Waals surface area (Å²) in [7, 11) is 0. The van der Waals surface area contributed by atoms with Crippen molar-refractivity contribution < 1.29 is 4.74 Å². The number of imidazole rings is 1. The molecule has 29 heavy (non-hydrogen) atoms. The number of aryl methyl sites for hydroxylation is 1. The van der Waals surface area contributed by atoms with Gasteiger partial charge in [-0.1, -0.05) is 74.6 Å². The Hall–Kier alpha value is -2.81. The van der Waals surface area contributed by atoms with Crippen molar-refractivity contribution in [2.45, 2.75) is 51.7 Å². The molecule has 1 heterocycles. The predicted molar refractivity (Wildman–Crippen MR) is 119 cm³/mol. The zero-order valence-electron chi connectivity index (χ0n) is 16.9. The van der Waals surface area contributed by atoms with Gasteiger partial charge in [0.1, 0.15) is 18.2 Å². The minimum absolute atomic E-state index is 0.498. The van der Waals surface area contributed by atoms with Crippen LogP contribution < -0.4 is 4.74 Å². The van der Waals surface area contributed by atoms with Crippen molar-refractivity contribution in [2.24, 2.45) is 5.92 Å². The molecule has 3 nitrogen and oxygen atoms in total. The molecule has 4 aromatic rings. The Bertz CT molecular complexity index is 1110. The molecule has 0 bridgehead atoms. The fourth-order valence-corrected chi connectivity index (χ4v) is 4.68. The third-order valence-electron chi connectivity index (χ3n) is 6.31. The minimum Gasteiger partial charge on any atom is -0.486 e. The van der Waals surface area contributed by atoms with E-state index in [2.05, 4.69) is 71.3 Å². The van der Waals surface area contributed by atoms with Crippen molar-refractivity contribution in [1.82, 2.24) is 9.55 Å². The van der Waals surface area contributed by atoms with E-state index in [0.717, 1.165) is 29.6 Å². The van der Waals surface area contributed by atoms with E-state index in [1.165, 1.54) is 54.8 Å². The van der Waals surface area contributed by atoms with Crippen LogP contribution in [0.4, 0.5) is 0 Å². The standard InChI is InChI=1S/C26H28N2O/c1-2-8-20(9-3-1)16-17-28-25-13-7-6-12-24(25)27-26(28)19-29-23-15-14-21-10-4-5-11-22(21)18-23/h4-7,10-15,18,20H,1-3,8-9,16-17,19H2. The van der Waals surface area contributed by atoms with Crippen molar-refractivity contribution in [3.63, 3.8) is 0 Å². The number of ether oxygens (including phenoxy) is 1. The van der Waals surface area contributed by atoms with Gasteiger partial charge < -0.3 is 9.30 Å². The molecule has 1 aliphatic carbocycles. The molecular weight excluding hydrogens is 356 g/mol. The maximum absolute atomic E-state index is 6.18. The summed E-state index contributed by atoms with van der Waals surface area (Å²) in [5.74, 6) is 2.78. The SMILES string of the molecule is c1ccc2cc(OCc3nc4ccccc4n3CCC3CCCCC3)ccc2c1. The summed E-state index contributed by atoms with van der Waals surface area (Å²) in [5, 5.41) is 2.44. The van der Waals surface area contributed by atoms with E-state index in [4.69, 9.17) is 9.72 Å². The van der Waals surface area contributed by atoms with Gasteiger partial charge in [0.15, 0.2) is 0 Å². The van der Waals surface area contributed by atoms with Gasteiger partial charge in [0.2, 0.25) is 0 Å². The van der Waals surface area contributed by atoms with Gasteiger partial charge in [-0.3, -0.25) is 0 Å². The lowest BCUT2D eigenvalue weighted by atomic mass is 9.87. The van der Waals surface area contributed by atoms with Gasteiger partial charge >= 0.3 is 0 Å². The summed E-state index contributed by atoms with van der Waals surface area (Å²) >= 11 is 0. The lowest BCUT2D eigenvalue weighted by molar-refractivity contribution is 0.283. The number of nitrogens with zero attached hydrogens (tertiary/aromatic N) is 2. The number of benzene rings is 3. The highest BCUT2D eigenvalue weighted by Gasteiger charge is 2.16. The van der Waals surface area contributed by atoms with E-state index in [-0.39, 0.29) is 0 Å². The van der Waals surface area contributed by atoms with Gasteiger partial charge in [0.05, 0.1) is 11.0 Å². The molecule has 0 atom stereocenters. The minimum atomic E-state index is 0.498. The second-order valence-electron chi connectivity index (χ2n) is 8.26. The molecule has 1 saturated carbocycles. The maximum atomic E-state index is 6.18. The Morgan fingerprint density at radius 2 is 1.66 bits per heavy atom. The number of rotatable bonds is 6. The van der Waals surface area contributed by atoms with Crippen LogP contribution in [0.3, 0.4) is 0 Å². The fraction of sp³-hybridized carbons (Fsp3) is 0.346. The second kappa shape index (κ2) is 8.28. The van der Waals surface area contributed by atoms with Crippen LogP contribution in [0.2, 0.25) is 0 Å². The van der Waals surface area contributed by atoms with Crippen LogP contribution in [0, 0.1) is 5.92 Å². The zero-order chi connectivity index (χ0) is 19.5. The molecule has 0 saturated heterocycles. The first-order valence-electron chi connectivity index (χ1n) is 10.9. The Labute approximate surface area is 172 Å². The average molecular weight is 385 g/mol. The number of fused-ring (bicyclic) bond motifs is 2. The number of aromatic nitrogens is 2. The maximum Gasteiger partial charge on any atom is 0.147 e. The average Bonchev–Trinajstić information content (AvgIpc) is 3.14. The van der Waals surface area contributed by atoms with Gasteiger partial charge in [-0.25, -0.2) is 4.98 Å². The lowest BCUT2D eigenvalue weighted by Crippen LogP contribution is -2.13. The van der Waals surface area contributed by atoms with E-state index in [1.54, 1.807) is 0 Å². The van der Waals surface area contributed by atoms with Crippen molar-refractivity contribution in [1.29, 1.82) is 0 Å². The monoisotopic (exact) mass is 384 g/mol. The Morgan fingerprint density at radius 3 is 2.55 bits per heavy atom. The molecule has 0 aliphatic heterocycles. The summed E-state index contributed by atoms with van der Waals surface area (Å²) in [5.41, 5.74) is 2.29. The summed E-state index contributed by atoms with van der Waals surface area (Å²) in [6.45, 7) is 1.53. The van der Waals surface area contributed by atoms with Crippen LogP contribution in [0.15, 0.2) is 66.7 Å². The first kappa shape index (κ1) is 18.2. The van der Waals surface area contributed by atoms with Crippen molar-refractivity contribution in [3.05, 3.63) is 72.6 Å². The number of para-hydroxylation sites is 2. The molecule has 0 amide bonds. The van der Waals surface area contributed by atoms with Crippen LogP contribution >= 0.6 is 0 Å². The second-order valence-corrected chi connectivity index (χ2v) is 8.26. The lowest BCUT2D eigenvalue weighted by Gasteiger charge is -2.22. The number of hydrogen-bond donors (Lipinski definition) is 0. The van der Waals surface area contributed by atoms with Crippen LogP contribution in [-0.4, -0.2) is 9.55 Å². The molecule has 148 valence electrons. The van der Waals surface area contributed by atoms with Gasteiger partial charge in [-0.2, -0.15) is 0 Å².